The van der Waals surface area contributed by atoms with Crippen LogP contribution in [0.2, 0.25) is 0 Å². The summed E-state index contributed by atoms with van der Waals surface area (Å²) in [4.78, 5) is 5.52. The number of para-hydroxylation sites is 5. The van der Waals surface area contributed by atoms with Crippen molar-refractivity contribution in [3.05, 3.63) is 152 Å². The van der Waals surface area contributed by atoms with Crippen LogP contribution in [0.25, 0.3) is 71.1 Å². The number of aromatic nitrogens is 3. The fraction of sp³-hybridized carbons (Fsp3) is 0.0488. The summed E-state index contributed by atoms with van der Waals surface area (Å²) in [6.07, 6.45) is 5.28. The average Bonchev–Trinajstić information content (AvgIpc) is 3.74. The van der Waals surface area contributed by atoms with Crippen LogP contribution >= 0.6 is 0 Å². The van der Waals surface area contributed by atoms with E-state index in [1.807, 2.05) is 0 Å². The maximum absolute atomic E-state index is 5.52. The van der Waals surface area contributed by atoms with Crippen LogP contribution in [0.15, 0.2) is 157 Å². The summed E-state index contributed by atoms with van der Waals surface area (Å²) in [5, 5.41) is 7.54. The molecule has 0 saturated carbocycles. The Bertz CT molecular complexity index is 2630. The predicted molar refractivity (Wildman–Crippen MR) is 189 cm³/mol. The molecule has 1 aliphatic heterocycles. The van der Waals surface area contributed by atoms with Crippen LogP contribution in [0.4, 0.5) is 0 Å². The number of fused-ring (bicyclic) bond motifs is 10. The summed E-state index contributed by atoms with van der Waals surface area (Å²) in [6, 6.07) is 50.3. The number of nitrogens with zero attached hydrogens (tertiary/aromatic N) is 4. The molecule has 4 heterocycles. The number of hydrogen-bond donors (Lipinski definition) is 0. The molecule has 0 spiro atoms. The van der Waals surface area contributed by atoms with Crippen LogP contribution in [0, 0.1) is 0 Å². The Kier molecular flexibility index (Phi) is 5.08. The Labute approximate surface area is 259 Å². The van der Waals surface area contributed by atoms with Gasteiger partial charge in [-0.3, -0.25) is 4.57 Å². The van der Waals surface area contributed by atoms with Gasteiger partial charge in [-0.15, -0.1) is 0 Å². The highest BCUT2D eigenvalue weighted by Crippen LogP contribution is 2.42. The first-order valence-corrected chi connectivity index (χ1v) is 15.6. The first-order valence-electron chi connectivity index (χ1n) is 15.6. The third-order valence-electron chi connectivity index (χ3n) is 9.52. The van der Waals surface area contributed by atoms with Crippen LogP contribution in [0.5, 0.6) is 0 Å². The van der Waals surface area contributed by atoms with Gasteiger partial charge in [0, 0.05) is 44.4 Å². The lowest BCUT2D eigenvalue weighted by atomic mass is 10.1. The van der Waals surface area contributed by atoms with Crippen LogP contribution < -0.4 is 0 Å². The monoisotopic (exact) mass is 576 g/mol. The molecule has 0 aliphatic carbocycles. The van der Waals surface area contributed by atoms with Gasteiger partial charge in [-0.1, -0.05) is 103 Å². The van der Waals surface area contributed by atoms with Crippen molar-refractivity contribution >= 4 is 71.3 Å². The number of hydrogen-bond acceptors (Lipinski definition) is 1. The van der Waals surface area contributed by atoms with Crippen molar-refractivity contribution in [2.75, 3.05) is 0 Å². The summed E-state index contributed by atoms with van der Waals surface area (Å²) in [5.41, 5.74) is 8.37. The molecule has 0 saturated heterocycles. The van der Waals surface area contributed by atoms with Crippen molar-refractivity contribution in [1.29, 1.82) is 0 Å². The highest BCUT2D eigenvalue weighted by Gasteiger charge is 2.24. The molecule has 1 atom stereocenters. The first kappa shape index (κ1) is 24.6. The van der Waals surface area contributed by atoms with E-state index in [9.17, 15) is 0 Å². The van der Waals surface area contributed by atoms with Crippen molar-refractivity contribution in [3.63, 3.8) is 0 Å². The van der Waals surface area contributed by atoms with E-state index >= 15 is 0 Å². The molecule has 0 fully saturated rings. The van der Waals surface area contributed by atoms with Gasteiger partial charge in [0.1, 0.15) is 12.0 Å². The number of dihydropyridines is 1. The highest BCUT2D eigenvalue weighted by molar-refractivity contribution is 6.28. The molecule has 0 radical (unpaired) electrons. The number of aliphatic imine (C=N–C) groups is 1. The van der Waals surface area contributed by atoms with E-state index in [0.29, 0.717) is 0 Å². The molecule has 4 heteroatoms. The molecule has 1 unspecified atom stereocenters. The second-order valence-corrected chi connectivity index (χ2v) is 11.9. The topological polar surface area (TPSA) is 27.1 Å². The van der Waals surface area contributed by atoms with Gasteiger partial charge in [-0.25, -0.2) is 4.99 Å². The van der Waals surface area contributed by atoms with Gasteiger partial charge >= 0.3 is 0 Å². The first-order chi connectivity index (χ1) is 22.4. The molecular weight excluding hydrogens is 548 g/mol. The highest BCUT2D eigenvalue weighted by atomic mass is 15.2. The zero-order valence-electron chi connectivity index (χ0n) is 24.5. The normalized spacial score (nSPS) is 15.3. The standard InChI is InChI=1S/C41H28N4/c1-2-13-27(14-3-1)43-33-19-8-6-17-30(33)31-25-26-37-40(41(31)43)32-18-7-11-22-36(32)45(37)39-24-12-23-38(42-39)44-34-20-9-4-15-28(34)29-16-5-10-21-35(29)44/h1-22,24-26,38H,23H2. The summed E-state index contributed by atoms with van der Waals surface area (Å²) in [5.74, 6) is 0.959. The fourth-order valence-corrected chi connectivity index (χ4v) is 7.71. The zero-order valence-corrected chi connectivity index (χ0v) is 24.5. The van der Waals surface area contributed by atoms with Crippen molar-refractivity contribution in [1.82, 2.24) is 13.7 Å². The van der Waals surface area contributed by atoms with E-state index in [4.69, 9.17) is 4.99 Å². The number of rotatable bonds is 2. The molecule has 0 amide bonds. The van der Waals surface area contributed by atoms with Gasteiger partial charge in [0.15, 0.2) is 0 Å². The van der Waals surface area contributed by atoms with E-state index in [0.717, 1.165) is 29.0 Å². The molecule has 212 valence electrons. The predicted octanol–water partition coefficient (Wildman–Crippen LogP) is 10.4. The summed E-state index contributed by atoms with van der Waals surface area (Å²) >= 11 is 0. The quantitative estimate of drug-likeness (QED) is 0.196. The Morgan fingerprint density at radius 1 is 0.467 bits per heavy atom. The molecular formula is C41H28N4. The van der Waals surface area contributed by atoms with Gasteiger partial charge in [0.2, 0.25) is 0 Å². The Morgan fingerprint density at radius 3 is 1.71 bits per heavy atom. The van der Waals surface area contributed by atoms with Crippen LogP contribution in [0.1, 0.15) is 12.6 Å². The van der Waals surface area contributed by atoms with Crippen molar-refractivity contribution in [2.24, 2.45) is 4.99 Å². The zero-order chi connectivity index (χ0) is 29.5. The maximum Gasteiger partial charge on any atom is 0.134 e. The Balaban J connectivity index is 1.29. The van der Waals surface area contributed by atoms with Crippen LogP contribution in [-0.4, -0.2) is 19.5 Å². The van der Waals surface area contributed by atoms with Gasteiger partial charge in [-0.2, -0.15) is 0 Å². The van der Waals surface area contributed by atoms with E-state index in [2.05, 4.69) is 165 Å². The summed E-state index contributed by atoms with van der Waals surface area (Å²) < 4.78 is 7.23. The van der Waals surface area contributed by atoms with E-state index in [1.54, 1.807) is 0 Å². The number of allylic oxidation sites excluding steroid dienone is 1. The molecule has 4 nitrogen and oxygen atoms in total. The lowest BCUT2D eigenvalue weighted by molar-refractivity contribution is 0.557. The van der Waals surface area contributed by atoms with Crippen molar-refractivity contribution in [2.45, 2.75) is 12.6 Å². The molecule has 45 heavy (non-hydrogen) atoms. The van der Waals surface area contributed by atoms with Gasteiger partial charge < -0.3 is 9.13 Å². The van der Waals surface area contributed by atoms with Gasteiger partial charge in [-0.05, 0) is 48.5 Å². The van der Waals surface area contributed by atoms with E-state index in [-0.39, 0.29) is 6.17 Å². The minimum atomic E-state index is -0.0505. The number of benzene rings is 6. The molecule has 9 aromatic rings. The van der Waals surface area contributed by atoms with Crippen LogP contribution in [-0.2, 0) is 0 Å². The van der Waals surface area contributed by atoms with Crippen molar-refractivity contribution in [3.8, 4) is 5.69 Å². The molecule has 3 aromatic heterocycles. The van der Waals surface area contributed by atoms with E-state index < -0.39 is 0 Å². The second kappa shape index (κ2) is 9.31. The minimum Gasteiger partial charge on any atom is -0.317 e. The van der Waals surface area contributed by atoms with Gasteiger partial charge in [0.05, 0.1) is 33.1 Å². The molecule has 10 rings (SSSR count). The minimum absolute atomic E-state index is 0.0505. The van der Waals surface area contributed by atoms with Crippen LogP contribution in [0.3, 0.4) is 0 Å². The average molecular weight is 577 g/mol. The van der Waals surface area contributed by atoms with Crippen molar-refractivity contribution < 1.29 is 0 Å². The second-order valence-electron chi connectivity index (χ2n) is 11.9. The SMILES string of the molecule is C1=CC(n2c3ccccc3c3c2ccc2c4ccccc4n(-c4ccccc4)c23)=NC(n2c3ccccc3c3ccccc32)C1. The summed E-state index contributed by atoms with van der Waals surface area (Å²) in [6.45, 7) is 0. The lowest BCUT2D eigenvalue weighted by Gasteiger charge is -2.21. The smallest absolute Gasteiger partial charge is 0.134 e. The largest absolute Gasteiger partial charge is 0.317 e. The molecule has 6 aromatic carbocycles. The van der Waals surface area contributed by atoms with E-state index in [1.165, 1.54) is 54.4 Å². The molecule has 1 aliphatic rings. The molecule has 0 N–H and O–H groups in total. The fourth-order valence-electron chi connectivity index (χ4n) is 7.71. The van der Waals surface area contributed by atoms with Gasteiger partial charge in [0.25, 0.3) is 0 Å². The molecule has 0 bridgehead atoms. The lowest BCUT2D eigenvalue weighted by Crippen LogP contribution is -2.17. The Morgan fingerprint density at radius 2 is 1.02 bits per heavy atom. The third kappa shape index (κ3) is 3.39. The summed E-state index contributed by atoms with van der Waals surface area (Å²) in [7, 11) is 0. The third-order valence-corrected chi connectivity index (χ3v) is 9.52. The Hall–Kier alpha value is -5.87. The maximum atomic E-state index is 5.52.